The van der Waals surface area contributed by atoms with Crippen LogP contribution in [0.5, 0.6) is 0 Å². The summed E-state index contributed by atoms with van der Waals surface area (Å²) in [6.45, 7) is 4.67. The smallest absolute Gasteiger partial charge is 0.160 e. The van der Waals surface area contributed by atoms with E-state index in [2.05, 4.69) is 220 Å². The van der Waals surface area contributed by atoms with Crippen molar-refractivity contribution in [3.8, 4) is 89.5 Å². The molecule has 0 N–H and O–H groups in total. The van der Waals surface area contributed by atoms with Crippen LogP contribution in [0.1, 0.15) is 25.0 Å². The summed E-state index contributed by atoms with van der Waals surface area (Å²) in [7, 11) is 0. The minimum Gasteiger partial charge on any atom is -0.228 e. The number of benzene rings is 8. The van der Waals surface area contributed by atoms with Crippen LogP contribution in [0, 0.1) is 0 Å². The zero-order chi connectivity index (χ0) is 38.3. The summed E-state index contributed by atoms with van der Waals surface area (Å²) < 4.78 is 0. The van der Waals surface area contributed by atoms with Gasteiger partial charge in [0.1, 0.15) is 0 Å². The Hall–Kier alpha value is -7.16. The molecular weight excluding hydrogens is 689 g/mol. The molecule has 0 atom stereocenters. The van der Waals surface area contributed by atoms with Crippen LogP contribution in [-0.4, -0.2) is 9.97 Å². The lowest BCUT2D eigenvalue weighted by Crippen LogP contribution is -2.14. The van der Waals surface area contributed by atoms with Gasteiger partial charge in [-0.15, -0.1) is 0 Å². The predicted molar refractivity (Wildman–Crippen MR) is 238 cm³/mol. The SMILES string of the molecule is CC1(C)c2ccccc2-c2c(-c3ccc(-c4ccc(-c5nc(-c6cccc(-c7ccccc7)c6)cc(-c6cccc(-c7ccccc7)c6)n5)cc4)cc3)cccc21. The van der Waals surface area contributed by atoms with Crippen molar-refractivity contribution >= 4 is 0 Å². The first kappa shape index (κ1) is 34.3. The van der Waals surface area contributed by atoms with E-state index in [0.29, 0.717) is 5.82 Å². The van der Waals surface area contributed by atoms with Crippen LogP contribution < -0.4 is 0 Å². The minimum atomic E-state index is -0.0218. The van der Waals surface area contributed by atoms with Crippen LogP contribution in [0.2, 0.25) is 0 Å². The third-order valence-electron chi connectivity index (χ3n) is 11.5. The molecule has 9 aromatic rings. The van der Waals surface area contributed by atoms with Gasteiger partial charge in [0, 0.05) is 22.1 Å². The van der Waals surface area contributed by atoms with Gasteiger partial charge in [-0.1, -0.05) is 202 Å². The number of hydrogen-bond acceptors (Lipinski definition) is 2. The lowest BCUT2D eigenvalue weighted by atomic mass is 9.82. The molecule has 0 saturated heterocycles. The summed E-state index contributed by atoms with van der Waals surface area (Å²) in [5.41, 5.74) is 19.8. The van der Waals surface area contributed by atoms with E-state index in [-0.39, 0.29) is 5.41 Å². The molecule has 2 nitrogen and oxygen atoms in total. The van der Waals surface area contributed by atoms with E-state index in [1.165, 1.54) is 50.1 Å². The van der Waals surface area contributed by atoms with Gasteiger partial charge in [-0.05, 0) is 85.0 Å². The van der Waals surface area contributed by atoms with E-state index in [4.69, 9.17) is 9.97 Å². The van der Waals surface area contributed by atoms with Gasteiger partial charge in [0.25, 0.3) is 0 Å². The molecule has 1 aromatic heterocycles. The Labute approximate surface area is 334 Å². The van der Waals surface area contributed by atoms with Gasteiger partial charge < -0.3 is 0 Å². The van der Waals surface area contributed by atoms with E-state index in [0.717, 1.165) is 44.8 Å². The summed E-state index contributed by atoms with van der Waals surface area (Å²) in [4.78, 5) is 10.4. The van der Waals surface area contributed by atoms with Crippen LogP contribution in [-0.2, 0) is 5.41 Å². The fourth-order valence-corrected chi connectivity index (χ4v) is 8.50. The summed E-state index contributed by atoms with van der Waals surface area (Å²) >= 11 is 0. The molecule has 1 aliphatic rings. The second-order valence-electron chi connectivity index (χ2n) is 15.4. The first-order valence-corrected chi connectivity index (χ1v) is 19.6. The Balaban J connectivity index is 1.01. The minimum absolute atomic E-state index is 0.0218. The van der Waals surface area contributed by atoms with Crippen molar-refractivity contribution in [1.82, 2.24) is 9.97 Å². The summed E-state index contributed by atoms with van der Waals surface area (Å²) in [6, 6.07) is 73.7. The fourth-order valence-electron chi connectivity index (χ4n) is 8.50. The van der Waals surface area contributed by atoms with Crippen LogP contribution >= 0.6 is 0 Å². The van der Waals surface area contributed by atoms with Gasteiger partial charge in [0.05, 0.1) is 11.4 Å². The third kappa shape index (κ3) is 6.36. The maximum atomic E-state index is 5.21. The van der Waals surface area contributed by atoms with Gasteiger partial charge in [0.15, 0.2) is 5.82 Å². The molecule has 8 aromatic carbocycles. The highest BCUT2D eigenvalue weighted by Crippen LogP contribution is 2.52. The highest BCUT2D eigenvalue weighted by molar-refractivity contribution is 5.93. The highest BCUT2D eigenvalue weighted by Gasteiger charge is 2.36. The number of fused-ring (bicyclic) bond motifs is 3. The second kappa shape index (κ2) is 14.2. The number of aromatic nitrogens is 2. The predicted octanol–water partition coefficient (Wildman–Crippen LogP) is 14.5. The van der Waals surface area contributed by atoms with Crippen molar-refractivity contribution in [3.05, 3.63) is 217 Å². The largest absolute Gasteiger partial charge is 0.228 e. The Morgan fingerprint density at radius 2 is 0.702 bits per heavy atom. The highest BCUT2D eigenvalue weighted by atomic mass is 14.9. The van der Waals surface area contributed by atoms with Gasteiger partial charge in [-0.3, -0.25) is 0 Å². The lowest BCUT2D eigenvalue weighted by Gasteiger charge is -2.21. The Kier molecular flexibility index (Phi) is 8.53. The quantitative estimate of drug-likeness (QED) is 0.163. The normalized spacial score (nSPS) is 12.5. The zero-order valence-corrected chi connectivity index (χ0v) is 32.0. The van der Waals surface area contributed by atoms with Crippen molar-refractivity contribution in [1.29, 1.82) is 0 Å². The fraction of sp³-hybridized carbons (Fsp3) is 0.0545. The molecule has 0 saturated carbocycles. The number of hydrogen-bond donors (Lipinski definition) is 0. The molecule has 10 rings (SSSR count). The first-order chi connectivity index (χ1) is 28.0. The second-order valence-corrected chi connectivity index (χ2v) is 15.4. The molecule has 0 bridgehead atoms. The molecular formula is C55H40N2. The van der Waals surface area contributed by atoms with E-state index >= 15 is 0 Å². The summed E-state index contributed by atoms with van der Waals surface area (Å²) in [5.74, 6) is 0.695. The Morgan fingerprint density at radius 3 is 1.28 bits per heavy atom. The molecule has 57 heavy (non-hydrogen) atoms. The molecule has 1 aliphatic carbocycles. The monoisotopic (exact) mass is 728 g/mol. The maximum absolute atomic E-state index is 5.21. The molecule has 1 heterocycles. The summed E-state index contributed by atoms with van der Waals surface area (Å²) in [5, 5.41) is 0. The van der Waals surface area contributed by atoms with Gasteiger partial charge in [-0.2, -0.15) is 0 Å². The topological polar surface area (TPSA) is 25.8 Å². The van der Waals surface area contributed by atoms with Crippen LogP contribution in [0.15, 0.2) is 206 Å². The number of rotatable bonds is 7. The standard InChI is InChI=1S/C55H40N2/c1-55(2)49-24-10-9-22-48(49)53-47(23-13-25-50(53)55)41-30-26-39(27-31-41)40-28-32-42(33-29-40)54-56-51(45-20-11-18-43(34-45)37-14-5-3-6-15-37)36-52(57-54)46-21-12-19-44(35-46)38-16-7-4-8-17-38/h3-36H,1-2H3. The van der Waals surface area contributed by atoms with Crippen LogP contribution in [0.4, 0.5) is 0 Å². The van der Waals surface area contributed by atoms with Gasteiger partial charge in [-0.25, -0.2) is 9.97 Å². The molecule has 0 aliphatic heterocycles. The molecule has 270 valence electrons. The average Bonchev–Trinajstić information content (AvgIpc) is 3.53. The van der Waals surface area contributed by atoms with Crippen LogP contribution in [0.25, 0.3) is 89.5 Å². The van der Waals surface area contributed by atoms with Crippen molar-refractivity contribution < 1.29 is 0 Å². The first-order valence-electron chi connectivity index (χ1n) is 19.6. The van der Waals surface area contributed by atoms with E-state index < -0.39 is 0 Å². The van der Waals surface area contributed by atoms with Crippen molar-refractivity contribution in [2.24, 2.45) is 0 Å². The maximum Gasteiger partial charge on any atom is 0.160 e. The molecule has 0 fully saturated rings. The number of nitrogens with zero attached hydrogens (tertiary/aromatic N) is 2. The lowest BCUT2D eigenvalue weighted by molar-refractivity contribution is 0.660. The zero-order valence-electron chi connectivity index (χ0n) is 32.0. The molecule has 0 radical (unpaired) electrons. The van der Waals surface area contributed by atoms with Crippen molar-refractivity contribution in [2.75, 3.05) is 0 Å². The van der Waals surface area contributed by atoms with E-state index in [1.54, 1.807) is 0 Å². The summed E-state index contributed by atoms with van der Waals surface area (Å²) in [6.07, 6.45) is 0. The molecule has 0 unspecified atom stereocenters. The van der Waals surface area contributed by atoms with Gasteiger partial charge in [0.2, 0.25) is 0 Å². The van der Waals surface area contributed by atoms with E-state index in [9.17, 15) is 0 Å². The Bertz CT molecular complexity index is 2790. The average molecular weight is 729 g/mol. The van der Waals surface area contributed by atoms with Gasteiger partial charge >= 0.3 is 0 Å². The van der Waals surface area contributed by atoms with Crippen LogP contribution in [0.3, 0.4) is 0 Å². The third-order valence-corrected chi connectivity index (χ3v) is 11.5. The van der Waals surface area contributed by atoms with E-state index in [1.807, 2.05) is 0 Å². The molecule has 0 amide bonds. The molecule has 2 heteroatoms. The van der Waals surface area contributed by atoms with Crippen molar-refractivity contribution in [3.63, 3.8) is 0 Å². The Morgan fingerprint density at radius 1 is 0.298 bits per heavy atom. The molecule has 0 spiro atoms. The van der Waals surface area contributed by atoms with Crippen molar-refractivity contribution in [2.45, 2.75) is 19.3 Å².